The minimum absolute atomic E-state index is 0.0294. The Morgan fingerprint density at radius 2 is 1.93 bits per heavy atom. The van der Waals surface area contributed by atoms with E-state index in [4.69, 9.17) is 0 Å². The summed E-state index contributed by atoms with van der Waals surface area (Å²) in [4.78, 5) is 27.4. The Labute approximate surface area is 159 Å². The molecule has 4 rings (SSSR count). The molecule has 2 aliphatic rings. The quantitative estimate of drug-likeness (QED) is 0.816. The summed E-state index contributed by atoms with van der Waals surface area (Å²) in [6.45, 7) is -2.37. The van der Waals surface area contributed by atoms with E-state index in [0.29, 0.717) is 12.5 Å². The molecule has 2 aromatic rings. The number of nitrogens with zero attached hydrogens (tertiary/aromatic N) is 4. The van der Waals surface area contributed by atoms with Crippen molar-refractivity contribution >= 4 is 23.9 Å². The third-order valence-corrected chi connectivity index (χ3v) is 4.14. The Morgan fingerprint density at radius 3 is 2.71 bits per heavy atom. The summed E-state index contributed by atoms with van der Waals surface area (Å²) in [7, 11) is 0. The van der Waals surface area contributed by atoms with Gasteiger partial charge in [-0.2, -0.15) is 18.8 Å². The number of hydrogen-bond donors (Lipinski definition) is 0. The number of hydrogen-bond acceptors (Lipinski definition) is 4. The van der Waals surface area contributed by atoms with Crippen LogP contribution in [0.15, 0.2) is 75.8 Å². The van der Waals surface area contributed by atoms with Crippen LogP contribution in [-0.2, 0) is 6.54 Å². The van der Waals surface area contributed by atoms with Gasteiger partial charge >= 0.3 is 6.61 Å². The van der Waals surface area contributed by atoms with Crippen LogP contribution in [0.2, 0.25) is 0 Å². The Hall–Kier alpha value is -3.68. The second-order valence-corrected chi connectivity index (χ2v) is 5.96. The van der Waals surface area contributed by atoms with Crippen LogP contribution in [0.4, 0.5) is 8.78 Å². The molecule has 0 radical (unpaired) electrons. The molecule has 0 aliphatic carbocycles. The Bertz CT molecular complexity index is 1030. The minimum atomic E-state index is -2.92. The zero-order valence-corrected chi connectivity index (χ0v) is 14.5. The van der Waals surface area contributed by atoms with Gasteiger partial charge in [0.25, 0.3) is 5.91 Å². The van der Waals surface area contributed by atoms with Gasteiger partial charge in [0.2, 0.25) is 5.96 Å². The van der Waals surface area contributed by atoms with Crippen LogP contribution in [0.25, 0.3) is 0 Å². The molecule has 140 valence electrons. The van der Waals surface area contributed by atoms with E-state index in [1.54, 1.807) is 12.3 Å². The summed E-state index contributed by atoms with van der Waals surface area (Å²) in [5.41, 5.74) is 1.93. The van der Waals surface area contributed by atoms with Crippen LogP contribution < -0.4 is 4.74 Å². The molecule has 0 unspecified atom stereocenters. The topological polar surface area (TPSA) is 66.6 Å². The number of alkyl halides is 2. The van der Waals surface area contributed by atoms with E-state index in [1.807, 2.05) is 35.4 Å². The molecule has 0 bridgehead atoms. The van der Waals surface area contributed by atoms with Gasteiger partial charge in [0.1, 0.15) is 5.75 Å². The number of allylic oxidation sites excluding steroid dienone is 1. The van der Waals surface area contributed by atoms with Crippen molar-refractivity contribution in [3.8, 4) is 5.75 Å². The lowest BCUT2D eigenvalue weighted by molar-refractivity contribution is -0.0498. The molecule has 0 aromatic heterocycles. The molecular formula is C20H14F2N4O2. The Balaban J connectivity index is 1.69. The zero-order valence-electron chi connectivity index (χ0n) is 14.5. The zero-order chi connectivity index (χ0) is 19.5. The number of amidine groups is 1. The van der Waals surface area contributed by atoms with E-state index in [1.165, 1.54) is 24.3 Å². The van der Waals surface area contributed by atoms with Crippen molar-refractivity contribution in [1.82, 2.24) is 4.90 Å². The number of carbonyl (C=O) groups is 1. The molecule has 0 fully saturated rings. The number of guanidine groups is 1. The van der Waals surface area contributed by atoms with Crippen LogP contribution in [0.3, 0.4) is 0 Å². The Morgan fingerprint density at radius 1 is 1.14 bits per heavy atom. The average molecular weight is 380 g/mol. The molecule has 0 saturated carbocycles. The number of aliphatic imine (C=N–C) groups is 3. The lowest BCUT2D eigenvalue weighted by atomic mass is 10.1. The van der Waals surface area contributed by atoms with Crippen LogP contribution in [0.5, 0.6) is 5.75 Å². The van der Waals surface area contributed by atoms with E-state index < -0.39 is 12.5 Å². The number of rotatable bonds is 3. The van der Waals surface area contributed by atoms with Crippen molar-refractivity contribution in [2.24, 2.45) is 15.0 Å². The molecule has 8 heteroatoms. The molecule has 28 heavy (non-hydrogen) atoms. The van der Waals surface area contributed by atoms with E-state index >= 15 is 0 Å². The van der Waals surface area contributed by atoms with Crippen LogP contribution in [0.1, 0.15) is 21.5 Å². The molecular weight excluding hydrogens is 366 g/mol. The fourth-order valence-electron chi connectivity index (χ4n) is 2.85. The van der Waals surface area contributed by atoms with Crippen LogP contribution in [0, 0.1) is 0 Å². The molecule has 0 N–H and O–H groups in total. The van der Waals surface area contributed by atoms with Crippen molar-refractivity contribution in [2.45, 2.75) is 13.2 Å². The number of carbonyl (C=O) groups excluding carboxylic acids is 1. The standard InChI is InChI=1S/C20H14F2N4O2/c21-19(22)28-15-8-6-13(7-9-15)18(27)24-17-16-5-2-1-4-14(16)12-26-11-3-10-23-20(26)25-17/h1-11,19H,12H2. The van der Waals surface area contributed by atoms with Crippen molar-refractivity contribution in [3.63, 3.8) is 0 Å². The molecule has 1 amide bonds. The predicted octanol–water partition coefficient (Wildman–Crippen LogP) is 3.64. The largest absolute Gasteiger partial charge is 0.435 e. The van der Waals surface area contributed by atoms with Crippen molar-refractivity contribution < 1.29 is 18.3 Å². The highest BCUT2D eigenvalue weighted by atomic mass is 19.3. The monoisotopic (exact) mass is 380 g/mol. The van der Waals surface area contributed by atoms with Gasteiger partial charge in [-0.05, 0) is 35.9 Å². The second kappa shape index (κ2) is 7.51. The molecule has 6 nitrogen and oxygen atoms in total. The van der Waals surface area contributed by atoms with Gasteiger partial charge in [-0.1, -0.05) is 24.3 Å². The molecule has 2 heterocycles. The lowest BCUT2D eigenvalue weighted by Crippen LogP contribution is -2.25. The first-order chi connectivity index (χ1) is 13.6. The summed E-state index contributed by atoms with van der Waals surface area (Å²) >= 11 is 0. The maximum Gasteiger partial charge on any atom is 0.387 e. The number of benzene rings is 2. The smallest absolute Gasteiger partial charge is 0.387 e. The number of amides is 1. The van der Waals surface area contributed by atoms with Gasteiger partial charge in [-0.15, -0.1) is 0 Å². The van der Waals surface area contributed by atoms with E-state index in [0.717, 1.165) is 11.1 Å². The van der Waals surface area contributed by atoms with Gasteiger partial charge < -0.3 is 9.64 Å². The van der Waals surface area contributed by atoms with Gasteiger partial charge in [0, 0.05) is 23.5 Å². The maximum atomic E-state index is 12.6. The number of halogens is 2. The highest BCUT2D eigenvalue weighted by molar-refractivity contribution is 6.15. The van der Waals surface area contributed by atoms with Crippen molar-refractivity contribution in [3.05, 3.63) is 77.5 Å². The second-order valence-electron chi connectivity index (χ2n) is 5.96. The van der Waals surface area contributed by atoms with E-state index in [9.17, 15) is 13.6 Å². The fraction of sp³-hybridized carbons (Fsp3) is 0.100. The van der Waals surface area contributed by atoms with Gasteiger partial charge in [0.05, 0.1) is 6.54 Å². The number of ether oxygens (including phenoxy) is 1. The minimum Gasteiger partial charge on any atom is -0.435 e. The maximum absolute atomic E-state index is 12.6. The summed E-state index contributed by atoms with van der Waals surface area (Å²) in [5.74, 6) is 0.115. The van der Waals surface area contributed by atoms with Crippen LogP contribution in [-0.4, -0.2) is 35.4 Å². The first-order valence-electron chi connectivity index (χ1n) is 8.42. The normalized spacial score (nSPS) is 16.5. The first-order valence-corrected chi connectivity index (χ1v) is 8.42. The first kappa shape index (κ1) is 17.7. The third kappa shape index (κ3) is 3.71. The van der Waals surface area contributed by atoms with Crippen LogP contribution >= 0.6 is 0 Å². The number of fused-ring (bicyclic) bond motifs is 2. The summed E-state index contributed by atoms with van der Waals surface area (Å²) in [6, 6.07) is 12.9. The highest BCUT2D eigenvalue weighted by Crippen LogP contribution is 2.21. The van der Waals surface area contributed by atoms with Gasteiger partial charge in [0.15, 0.2) is 5.84 Å². The molecule has 0 saturated heterocycles. The molecule has 0 spiro atoms. The van der Waals surface area contributed by atoms with E-state index in [2.05, 4.69) is 19.7 Å². The molecule has 0 atom stereocenters. The van der Waals surface area contributed by atoms with Gasteiger partial charge in [-0.25, -0.2) is 4.99 Å². The SMILES string of the molecule is O=C(N=C1N=C2N=CC=CN2Cc2ccccc21)c1ccc(OC(F)F)cc1. The Kier molecular flexibility index (Phi) is 4.76. The summed E-state index contributed by atoms with van der Waals surface area (Å²) < 4.78 is 28.8. The summed E-state index contributed by atoms with van der Waals surface area (Å²) in [6.07, 6.45) is 5.28. The van der Waals surface area contributed by atoms with Gasteiger partial charge in [-0.3, -0.25) is 4.79 Å². The molecule has 2 aromatic carbocycles. The highest BCUT2D eigenvalue weighted by Gasteiger charge is 2.21. The predicted molar refractivity (Wildman–Crippen MR) is 101 cm³/mol. The molecule has 2 aliphatic heterocycles. The lowest BCUT2D eigenvalue weighted by Gasteiger charge is -2.19. The van der Waals surface area contributed by atoms with Crippen molar-refractivity contribution in [1.29, 1.82) is 0 Å². The van der Waals surface area contributed by atoms with E-state index in [-0.39, 0.29) is 17.1 Å². The van der Waals surface area contributed by atoms with Crippen molar-refractivity contribution in [2.75, 3.05) is 0 Å². The summed E-state index contributed by atoms with van der Waals surface area (Å²) in [5, 5.41) is 0. The average Bonchev–Trinajstić information content (AvgIpc) is 2.84. The fourth-order valence-corrected chi connectivity index (χ4v) is 2.85. The third-order valence-electron chi connectivity index (χ3n) is 4.14.